The van der Waals surface area contributed by atoms with E-state index in [9.17, 15) is 0 Å². The summed E-state index contributed by atoms with van der Waals surface area (Å²) in [6, 6.07) is 11.6. The molecule has 2 rings (SSSR count). The van der Waals surface area contributed by atoms with E-state index in [4.69, 9.17) is 34.8 Å². The van der Waals surface area contributed by atoms with E-state index in [0.717, 1.165) is 28.6 Å². The molecule has 0 aromatic heterocycles. The molecule has 5 heteroatoms. The van der Waals surface area contributed by atoms with Gasteiger partial charge in [-0.2, -0.15) is 0 Å². The highest BCUT2D eigenvalue weighted by molar-refractivity contribution is 9.10. The predicted molar refractivity (Wildman–Crippen MR) is 95.8 cm³/mol. The zero-order valence-electron chi connectivity index (χ0n) is 11.5. The maximum Gasteiger partial charge on any atom is 0.0595 e. The molecule has 1 nitrogen and oxygen atoms in total. The van der Waals surface area contributed by atoms with Gasteiger partial charge in [0.1, 0.15) is 0 Å². The van der Waals surface area contributed by atoms with Crippen molar-refractivity contribution in [2.45, 2.75) is 19.4 Å². The van der Waals surface area contributed by atoms with E-state index in [2.05, 4.69) is 28.2 Å². The Kier molecular flexibility index (Phi) is 6.39. The Morgan fingerprint density at radius 2 is 1.76 bits per heavy atom. The molecular formula is C16H15BrCl3N. The molecule has 21 heavy (non-hydrogen) atoms. The quantitative estimate of drug-likeness (QED) is 0.597. The van der Waals surface area contributed by atoms with Crippen LogP contribution < -0.4 is 5.32 Å². The van der Waals surface area contributed by atoms with Crippen LogP contribution in [0.3, 0.4) is 0 Å². The van der Waals surface area contributed by atoms with E-state index in [-0.39, 0.29) is 6.04 Å². The first-order valence-corrected chi connectivity index (χ1v) is 8.59. The summed E-state index contributed by atoms with van der Waals surface area (Å²) in [5, 5.41) is 5.32. The number of hydrogen-bond donors (Lipinski definition) is 1. The molecule has 0 fully saturated rings. The van der Waals surface area contributed by atoms with E-state index in [1.54, 1.807) is 0 Å². The summed E-state index contributed by atoms with van der Waals surface area (Å²) in [7, 11) is 0. The lowest BCUT2D eigenvalue weighted by Gasteiger charge is -2.21. The van der Waals surface area contributed by atoms with Gasteiger partial charge in [-0.15, -0.1) is 0 Å². The van der Waals surface area contributed by atoms with E-state index in [1.807, 2.05) is 36.4 Å². The maximum atomic E-state index is 6.40. The molecule has 0 radical (unpaired) electrons. The molecular weight excluding hydrogens is 392 g/mol. The summed E-state index contributed by atoms with van der Waals surface area (Å²) in [5.41, 5.74) is 2.06. The Morgan fingerprint density at radius 3 is 2.38 bits per heavy atom. The zero-order valence-corrected chi connectivity index (χ0v) is 15.3. The molecule has 2 aromatic rings. The molecule has 1 N–H and O–H groups in total. The van der Waals surface area contributed by atoms with Crippen LogP contribution in [0.25, 0.3) is 0 Å². The van der Waals surface area contributed by atoms with Crippen LogP contribution >= 0.6 is 50.7 Å². The summed E-state index contributed by atoms with van der Waals surface area (Å²) in [6.45, 7) is 3.01. The molecule has 0 amide bonds. The number of hydrogen-bond acceptors (Lipinski definition) is 1. The predicted octanol–water partition coefficient (Wildman–Crippen LogP) is 6.50. The highest BCUT2D eigenvalue weighted by Gasteiger charge is 2.17. The van der Waals surface area contributed by atoms with E-state index >= 15 is 0 Å². The first kappa shape index (κ1) is 17.1. The van der Waals surface area contributed by atoms with Crippen LogP contribution in [0.2, 0.25) is 15.1 Å². The first-order valence-electron chi connectivity index (χ1n) is 6.66. The lowest BCUT2D eigenvalue weighted by atomic mass is 9.98. The third-order valence-electron chi connectivity index (χ3n) is 3.15. The number of benzene rings is 2. The van der Waals surface area contributed by atoms with Gasteiger partial charge in [0.05, 0.1) is 16.1 Å². The van der Waals surface area contributed by atoms with Crippen molar-refractivity contribution < 1.29 is 0 Å². The standard InChI is InChI=1S/C16H15BrCl3N/c1-2-7-21-16(10-3-6-13(18)15(20)8-10)12-5-4-11(17)9-14(12)19/h3-6,8-9,16,21H,2,7H2,1H3. The van der Waals surface area contributed by atoms with Gasteiger partial charge < -0.3 is 5.32 Å². The van der Waals surface area contributed by atoms with Crippen molar-refractivity contribution in [1.82, 2.24) is 5.32 Å². The Morgan fingerprint density at radius 1 is 1.00 bits per heavy atom. The SMILES string of the molecule is CCCNC(c1ccc(Cl)c(Cl)c1)c1ccc(Br)cc1Cl. The molecule has 0 bridgehead atoms. The monoisotopic (exact) mass is 405 g/mol. The van der Waals surface area contributed by atoms with Crippen molar-refractivity contribution in [2.75, 3.05) is 6.54 Å². The van der Waals surface area contributed by atoms with Gasteiger partial charge in [-0.25, -0.2) is 0 Å². The second-order valence-electron chi connectivity index (χ2n) is 4.73. The van der Waals surface area contributed by atoms with Crippen molar-refractivity contribution in [2.24, 2.45) is 0 Å². The Hall–Kier alpha value is -0.250. The Balaban J connectivity index is 2.44. The van der Waals surface area contributed by atoms with Gasteiger partial charge in [0, 0.05) is 9.50 Å². The lowest BCUT2D eigenvalue weighted by Crippen LogP contribution is -2.23. The molecule has 1 unspecified atom stereocenters. The third kappa shape index (κ3) is 4.37. The largest absolute Gasteiger partial charge is 0.306 e. The molecule has 112 valence electrons. The van der Waals surface area contributed by atoms with Crippen LogP contribution in [0.4, 0.5) is 0 Å². The van der Waals surface area contributed by atoms with Gasteiger partial charge in [-0.1, -0.05) is 69.8 Å². The highest BCUT2D eigenvalue weighted by atomic mass is 79.9. The summed E-state index contributed by atoms with van der Waals surface area (Å²) >= 11 is 22.0. The van der Waals surface area contributed by atoms with Crippen molar-refractivity contribution in [3.8, 4) is 0 Å². The molecule has 1 atom stereocenters. The van der Waals surface area contributed by atoms with Crippen LogP contribution in [0, 0.1) is 0 Å². The van der Waals surface area contributed by atoms with Crippen molar-refractivity contribution >= 4 is 50.7 Å². The smallest absolute Gasteiger partial charge is 0.0595 e. The number of rotatable bonds is 5. The number of halogens is 4. The van der Waals surface area contributed by atoms with Crippen molar-refractivity contribution in [3.63, 3.8) is 0 Å². The first-order chi connectivity index (χ1) is 10.0. The van der Waals surface area contributed by atoms with Gasteiger partial charge in [-0.3, -0.25) is 0 Å². The second kappa shape index (κ2) is 7.85. The fourth-order valence-corrected chi connectivity index (χ4v) is 3.21. The van der Waals surface area contributed by atoms with Crippen molar-refractivity contribution in [3.05, 3.63) is 67.1 Å². The molecule has 0 spiro atoms. The maximum absolute atomic E-state index is 6.40. The average Bonchev–Trinajstić information content (AvgIpc) is 2.44. The molecule has 0 aliphatic rings. The Bertz CT molecular complexity index is 631. The topological polar surface area (TPSA) is 12.0 Å². The second-order valence-corrected chi connectivity index (χ2v) is 6.86. The van der Waals surface area contributed by atoms with Gasteiger partial charge in [0.15, 0.2) is 0 Å². The highest BCUT2D eigenvalue weighted by Crippen LogP contribution is 2.33. The minimum atomic E-state index is -0.0136. The van der Waals surface area contributed by atoms with Crippen LogP contribution in [-0.2, 0) is 0 Å². The summed E-state index contributed by atoms with van der Waals surface area (Å²) in [5.74, 6) is 0. The van der Waals surface area contributed by atoms with E-state index in [1.165, 1.54) is 0 Å². The minimum Gasteiger partial charge on any atom is -0.306 e. The molecule has 0 saturated carbocycles. The minimum absolute atomic E-state index is 0.0136. The Labute approximate surface area is 148 Å². The normalized spacial score (nSPS) is 12.4. The van der Waals surface area contributed by atoms with Gasteiger partial charge >= 0.3 is 0 Å². The summed E-state index contributed by atoms with van der Waals surface area (Å²) in [4.78, 5) is 0. The fraction of sp³-hybridized carbons (Fsp3) is 0.250. The average molecular weight is 408 g/mol. The number of nitrogens with one attached hydrogen (secondary N) is 1. The molecule has 0 aliphatic carbocycles. The fourth-order valence-electron chi connectivity index (χ4n) is 2.12. The molecule has 0 aliphatic heterocycles. The zero-order chi connectivity index (χ0) is 15.4. The molecule has 0 heterocycles. The van der Waals surface area contributed by atoms with Crippen LogP contribution in [-0.4, -0.2) is 6.54 Å². The molecule has 2 aromatic carbocycles. The molecule has 0 saturated heterocycles. The van der Waals surface area contributed by atoms with Gasteiger partial charge in [0.2, 0.25) is 0 Å². The van der Waals surface area contributed by atoms with E-state index < -0.39 is 0 Å². The van der Waals surface area contributed by atoms with Crippen LogP contribution in [0.15, 0.2) is 40.9 Å². The van der Waals surface area contributed by atoms with E-state index in [0.29, 0.717) is 15.1 Å². The summed E-state index contributed by atoms with van der Waals surface area (Å²) < 4.78 is 0.958. The lowest BCUT2D eigenvalue weighted by molar-refractivity contribution is 0.599. The van der Waals surface area contributed by atoms with Gasteiger partial charge in [0.25, 0.3) is 0 Å². The van der Waals surface area contributed by atoms with Crippen molar-refractivity contribution in [1.29, 1.82) is 0 Å². The van der Waals surface area contributed by atoms with Gasteiger partial charge in [-0.05, 0) is 48.4 Å². The summed E-state index contributed by atoms with van der Waals surface area (Å²) in [6.07, 6.45) is 1.03. The van der Waals surface area contributed by atoms with Crippen LogP contribution in [0.5, 0.6) is 0 Å². The van der Waals surface area contributed by atoms with Crippen LogP contribution in [0.1, 0.15) is 30.5 Å². The third-order valence-corrected chi connectivity index (χ3v) is 4.71.